The Hall–Kier alpha value is -2.32. The van der Waals surface area contributed by atoms with E-state index in [1.807, 2.05) is 0 Å². The van der Waals surface area contributed by atoms with E-state index in [4.69, 9.17) is 0 Å². The fourth-order valence-electron chi connectivity index (χ4n) is 2.59. The number of alkyl halides is 13. The molecule has 15 heteroatoms. The highest BCUT2D eigenvalue weighted by Crippen LogP contribution is 2.61. The number of hydrogen-bond donors (Lipinski definition) is 1. The van der Waals surface area contributed by atoms with Crippen LogP contribution in [0.2, 0.25) is 0 Å². The summed E-state index contributed by atoms with van der Waals surface area (Å²) in [5.41, 5.74) is -0.377. The maximum absolute atomic E-state index is 13.9. The average Bonchev–Trinajstić information content (AvgIpc) is 2.65. The van der Waals surface area contributed by atoms with Crippen LogP contribution < -0.4 is 0 Å². The number of pyridine rings is 1. The van der Waals surface area contributed by atoms with Gasteiger partial charge in [-0.15, -0.1) is 0 Å². The highest BCUT2D eigenvalue weighted by molar-refractivity contribution is 5.79. The topological polar surface area (TPSA) is 33.1 Å². The van der Waals surface area contributed by atoms with Crippen molar-refractivity contribution in [3.05, 3.63) is 42.1 Å². The SMILES string of the molecule is OC(CC(F)(F)C(F)(F)C(F)(F)C(F)(F)C(F)(F)C(F)(F)F)c1ccc2ncccc2c1. The summed E-state index contributed by atoms with van der Waals surface area (Å²) >= 11 is 0. The van der Waals surface area contributed by atoms with E-state index in [2.05, 4.69) is 4.98 Å². The molecule has 1 heterocycles. The maximum Gasteiger partial charge on any atom is 0.460 e. The summed E-state index contributed by atoms with van der Waals surface area (Å²) in [7, 11) is 0. The van der Waals surface area contributed by atoms with E-state index in [1.165, 1.54) is 18.3 Å². The van der Waals surface area contributed by atoms with Crippen molar-refractivity contribution >= 4 is 10.9 Å². The van der Waals surface area contributed by atoms with E-state index < -0.39 is 53.9 Å². The van der Waals surface area contributed by atoms with Gasteiger partial charge in [0.15, 0.2) is 0 Å². The molecule has 2 nitrogen and oxygen atoms in total. The van der Waals surface area contributed by atoms with Gasteiger partial charge < -0.3 is 5.11 Å². The lowest BCUT2D eigenvalue weighted by molar-refractivity contribution is -0.440. The Labute approximate surface area is 169 Å². The van der Waals surface area contributed by atoms with Crippen LogP contribution in [0.25, 0.3) is 10.9 Å². The third kappa shape index (κ3) is 3.83. The fraction of sp³-hybridized carbons (Fsp3) is 0.471. The van der Waals surface area contributed by atoms with E-state index in [9.17, 15) is 62.2 Å². The highest BCUT2D eigenvalue weighted by Gasteiger charge is 2.90. The minimum Gasteiger partial charge on any atom is -0.388 e. The Kier molecular flexibility index (Phi) is 6.18. The predicted octanol–water partition coefficient (Wildman–Crippen LogP) is 6.40. The van der Waals surface area contributed by atoms with Gasteiger partial charge in [0.25, 0.3) is 0 Å². The van der Waals surface area contributed by atoms with Gasteiger partial charge in [0.2, 0.25) is 0 Å². The number of aliphatic hydroxyl groups excluding tert-OH is 1. The molecule has 1 aromatic heterocycles. The summed E-state index contributed by atoms with van der Waals surface area (Å²) in [6.45, 7) is 0. The second kappa shape index (κ2) is 7.63. The molecular formula is C17H10F13NO. The van der Waals surface area contributed by atoms with Crippen LogP contribution in [0, 0.1) is 0 Å². The van der Waals surface area contributed by atoms with Crippen LogP contribution in [0.4, 0.5) is 57.1 Å². The molecule has 2 rings (SSSR count). The number of aliphatic hydroxyl groups is 1. The Bertz CT molecular complexity index is 970. The smallest absolute Gasteiger partial charge is 0.388 e. The number of rotatable bonds is 7. The van der Waals surface area contributed by atoms with Crippen molar-refractivity contribution < 1.29 is 62.2 Å². The first kappa shape index (κ1) is 25.9. The number of fused-ring (bicyclic) bond motifs is 1. The molecule has 0 radical (unpaired) electrons. The van der Waals surface area contributed by atoms with Gasteiger partial charge in [-0.1, -0.05) is 12.1 Å². The van der Waals surface area contributed by atoms with Crippen molar-refractivity contribution in [2.45, 2.75) is 48.3 Å². The van der Waals surface area contributed by atoms with Gasteiger partial charge in [-0.25, -0.2) is 0 Å². The van der Waals surface area contributed by atoms with Crippen LogP contribution in [0.15, 0.2) is 36.5 Å². The summed E-state index contributed by atoms with van der Waals surface area (Å²) in [6, 6.07) is 5.51. The average molecular weight is 491 g/mol. The molecule has 0 fully saturated rings. The van der Waals surface area contributed by atoms with Crippen LogP contribution in [0.3, 0.4) is 0 Å². The Morgan fingerprint density at radius 2 is 1.25 bits per heavy atom. The normalized spacial score (nSPS) is 15.8. The summed E-state index contributed by atoms with van der Waals surface area (Å²) in [5, 5.41) is 9.90. The summed E-state index contributed by atoms with van der Waals surface area (Å²) in [4.78, 5) is 3.80. The molecule has 0 amide bonds. The van der Waals surface area contributed by atoms with Crippen molar-refractivity contribution in [3.63, 3.8) is 0 Å². The van der Waals surface area contributed by atoms with E-state index in [0.717, 1.165) is 18.2 Å². The van der Waals surface area contributed by atoms with Crippen LogP contribution in [-0.4, -0.2) is 45.9 Å². The van der Waals surface area contributed by atoms with Crippen LogP contribution in [-0.2, 0) is 0 Å². The Morgan fingerprint density at radius 3 is 1.78 bits per heavy atom. The van der Waals surface area contributed by atoms with Gasteiger partial charge >= 0.3 is 35.8 Å². The van der Waals surface area contributed by atoms with Crippen LogP contribution in [0.1, 0.15) is 18.1 Å². The Balaban J connectivity index is 2.41. The molecule has 0 aliphatic heterocycles. The molecule has 1 unspecified atom stereocenters. The predicted molar refractivity (Wildman–Crippen MR) is 82.1 cm³/mol. The minimum atomic E-state index is -7.97. The Morgan fingerprint density at radius 1 is 0.719 bits per heavy atom. The van der Waals surface area contributed by atoms with Crippen molar-refractivity contribution in [3.8, 4) is 0 Å². The molecule has 0 bridgehead atoms. The first-order valence-corrected chi connectivity index (χ1v) is 8.19. The number of nitrogens with zero attached hydrogens (tertiary/aromatic N) is 1. The molecule has 1 N–H and O–H groups in total. The molecule has 2 aromatic rings. The zero-order chi connectivity index (χ0) is 25.0. The van der Waals surface area contributed by atoms with Gasteiger partial charge in [-0.2, -0.15) is 57.1 Å². The van der Waals surface area contributed by atoms with E-state index in [1.54, 1.807) is 0 Å². The van der Waals surface area contributed by atoms with Crippen molar-refractivity contribution in [1.82, 2.24) is 4.98 Å². The first-order valence-electron chi connectivity index (χ1n) is 8.19. The number of halogens is 13. The van der Waals surface area contributed by atoms with Crippen LogP contribution in [0.5, 0.6) is 0 Å². The van der Waals surface area contributed by atoms with E-state index in [0.29, 0.717) is 0 Å². The lowest BCUT2D eigenvalue weighted by atomic mass is 9.90. The molecule has 0 spiro atoms. The third-order valence-corrected chi connectivity index (χ3v) is 4.46. The molecule has 0 saturated heterocycles. The summed E-state index contributed by atoms with van der Waals surface area (Å²) in [5.74, 6) is -37.4. The quantitative estimate of drug-likeness (QED) is 0.455. The first-order chi connectivity index (χ1) is 14.2. The van der Waals surface area contributed by atoms with E-state index >= 15 is 0 Å². The van der Waals surface area contributed by atoms with Crippen molar-refractivity contribution in [2.75, 3.05) is 0 Å². The second-order valence-electron chi connectivity index (χ2n) is 6.68. The van der Waals surface area contributed by atoms with Gasteiger partial charge in [0.1, 0.15) is 0 Å². The molecule has 1 aromatic carbocycles. The van der Waals surface area contributed by atoms with Gasteiger partial charge in [0, 0.05) is 18.0 Å². The molecule has 0 aliphatic carbocycles. The minimum absolute atomic E-state index is 0.154. The molecule has 0 saturated carbocycles. The monoisotopic (exact) mass is 491 g/mol. The lowest BCUT2D eigenvalue weighted by Gasteiger charge is -2.40. The number of hydrogen-bond acceptors (Lipinski definition) is 2. The highest BCUT2D eigenvalue weighted by atomic mass is 19.4. The third-order valence-electron chi connectivity index (χ3n) is 4.46. The zero-order valence-electron chi connectivity index (χ0n) is 15.1. The summed E-state index contributed by atoms with van der Waals surface area (Å²) < 4.78 is 171. The van der Waals surface area contributed by atoms with Gasteiger partial charge in [-0.05, 0) is 23.8 Å². The molecule has 32 heavy (non-hydrogen) atoms. The molecular weight excluding hydrogens is 481 g/mol. The number of benzene rings is 1. The maximum atomic E-state index is 13.9. The zero-order valence-corrected chi connectivity index (χ0v) is 15.1. The standard InChI is InChI=1S/C17H10F13NO/c18-12(19,7-11(32)9-3-4-10-8(6-9)2-1-5-31-10)13(20,21)14(22,23)15(24,25)16(26,27)17(28,29)30/h1-6,11,32H,7H2. The second-order valence-corrected chi connectivity index (χ2v) is 6.68. The molecule has 180 valence electrons. The van der Waals surface area contributed by atoms with Gasteiger partial charge in [-0.3, -0.25) is 4.98 Å². The van der Waals surface area contributed by atoms with Crippen LogP contribution >= 0.6 is 0 Å². The lowest BCUT2D eigenvalue weighted by Crippen LogP contribution is -2.70. The van der Waals surface area contributed by atoms with E-state index in [-0.39, 0.29) is 10.9 Å². The van der Waals surface area contributed by atoms with Crippen molar-refractivity contribution in [1.29, 1.82) is 0 Å². The van der Waals surface area contributed by atoms with Gasteiger partial charge in [0.05, 0.1) is 11.6 Å². The van der Waals surface area contributed by atoms with Crippen molar-refractivity contribution in [2.24, 2.45) is 0 Å². The molecule has 1 atom stereocenters. The number of aromatic nitrogens is 1. The largest absolute Gasteiger partial charge is 0.460 e. The summed E-state index contributed by atoms with van der Waals surface area (Å²) in [6.07, 6.45) is -11.6. The fourth-order valence-corrected chi connectivity index (χ4v) is 2.59. The molecule has 0 aliphatic rings.